The Hall–Kier alpha value is -2.01. The van der Waals surface area contributed by atoms with E-state index in [1.807, 2.05) is 0 Å². The largest absolute Gasteiger partial charge is 0.369 e. The summed E-state index contributed by atoms with van der Waals surface area (Å²) in [7, 11) is 0. The SMILES string of the molecule is C=CNN(C=O)Cc1cc(N2CCNCC2)ccc1C. The number of amides is 1. The summed E-state index contributed by atoms with van der Waals surface area (Å²) in [4.78, 5) is 13.4. The Morgan fingerprint density at radius 1 is 1.45 bits per heavy atom. The third-order valence-corrected chi connectivity index (χ3v) is 3.54. The Kier molecular flexibility index (Phi) is 5.01. The number of nitrogens with one attached hydrogen (secondary N) is 2. The molecule has 0 aromatic heterocycles. The molecular formula is C15H22N4O. The summed E-state index contributed by atoms with van der Waals surface area (Å²) >= 11 is 0. The van der Waals surface area contributed by atoms with Gasteiger partial charge in [-0.15, -0.1) is 0 Å². The maximum absolute atomic E-state index is 11.0. The van der Waals surface area contributed by atoms with Crippen LogP contribution >= 0.6 is 0 Å². The maximum Gasteiger partial charge on any atom is 0.228 e. The van der Waals surface area contributed by atoms with Gasteiger partial charge in [-0.25, -0.2) is 0 Å². The van der Waals surface area contributed by atoms with Crippen LogP contribution in [0, 0.1) is 6.92 Å². The topological polar surface area (TPSA) is 47.6 Å². The number of carbonyl (C=O) groups is 1. The number of nitrogens with zero attached hydrogens (tertiary/aromatic N) is 2. The second-order valence-corrected chi connectivity index (χ2v) is 4.91. The summed E-state index contributed by atoms with van der Waals surface area (Å²) in [5, 5.41) is 4.83. The van der Waals surface area contributed by atoms with Crippen LogP contribution in [0.25, 0.3) is 0 Å². The van der Waals surface area contributed by atoms with Gasteiger partial charge >= 0.3 is 0 Å². The molecule has 1 aliphatic heterocycles. The van der Waals surface area contributed by atoms with Crippen LogP contribution in [-0.4, -0.2) is 37.6 Å². The van der Waals surface area contributed by atoms with E-state index >= 15 is 0 Å². The molecule has 1 aromatic carbocycles. The van der Waals surface area contributed by atoms with E-state index in [9.17, 15) is 4.79 Å². The molecule has 1 aromatic rings. The van der Waals surface area contributed by atoms with E-state index in [0.717, 1.165) is 38.2 Å². The van der Waals surface area contributed by atoms with Gasteiger partial charge in [-0.1, -0.05) is 12.6 Å². The van der Waals surface area contributed by atoms with Crippen LogP contribution < -0.4 is 15.6 Å². The zero-order valence-corrected chi connectivity index (χ0v) is 11.9. The summed E-state index contributed by atoms with van der Waals surface area (Å²) in [6.07, 6.45) is 2.28. The molecule has 108 valence electrons. The number of hydrogen-bond donors (Lipinski definition) is 2. The number of benzene rings is 1. The second kappa shape index (κ2) is 6.96. The van der Waals surface area contributed by atoms with E-state index in [2.05, 4.69) is 47.3 Å². The van der Waals surface area contributed by atoms with Gasteiger partial charge in [0.15, 0.2) is 0 Å². The first-order valence-corrected chi connectivity index (χ1v) is 6.89. The third-order valence-electron chi connectivity index (χ3n) is 3.54. The van der Waals surface area contributed by atoms with Crippen LogP contribution in [0.2, 0.25) is 0 Å². The van der Waals surface area contributed by atoms with Gasteiger partial charge in [0, 0.05) is 38.1 Å². The first-order chi connectivity index (χ1) is 9.74. The van der Waals surface area contributed by atoms with Crippen LogP contribution in [0.3, 0.4) is 0 Å². The smallest absolute Gasteiger partial charge is 0.228 e. The Morgan fingerprint density at radius 2 is 2.20 bits per heavy atom. The Morgan fingerprint density at radius 3 is 2.85 bits per heavy atom. The molecule has 0 atom stereocenters. The van der Waals surface area contributed by atoms with Gasteiger partial charge in [0.2, 0.25) is 6.41 Å². The highest BCUT2D eigenvalue weighted by atomic mass is 16.1. The summed E-state index contributed by atoms with van der Waals surface area (Å²) in [6, 6.07) is 6.43. The molecule has 0 aliphatic carbocycles. The summed E-state index contributed by atoms with van der Waals surface area (Å²) < 4.78 is 0. The molecule has 20 heavy (non-hydrogen) atoms. The van der Waals surface area contributed by atoms with Crippen molar-refractivity contribution in [3.8, 4) is 0 Å². The number of aryl methyl sites for hydroxylation is 1. The number of hydrogen-bond acceptors (Lipinski definition) is 4. The van der Waals surface area contributed by atoms with E-state index < -0.39 is 0 Å². The minimum Gasteiger partial charge on any atom is -0.369 e. The van der Waals surface area contributed by atoms with Crippen molar-refractivity contribution in [3.05, 3.63) is 42.1 Å². The van der Waals surface area contributed by atoms with Gasteiger partial charge in [0.05, 0.1) is 6.54 Å². The Bertz CT molecular complexity index is 469. The number of piperazine rings is 1. The first kappa shape index (κ1) is 14.4. The minimum atomic E-state index is 0.529. The predicted octanol–water partition coefficient (Wildman–Crippen LogP) is 1.01. The van der Waals surface area contributed by atoms with E-state index in [4.69, 9.17) is 0 Å². The monoisotopic (exact) mass is 274 g/mol. The number of anilines is 1. The molecule has 5 heteroatoms. The number of hydrazine groups is 1. The normalized spacial score (nSPS) is 14.8. The third kappa shape index (κ3) is 3.51. The van der Waals surface area contributed by atoms with Gasteiger partial charge in [0.25, 0.3) is 0 Å². The molecule has 0 saturated carbocycles. The van der Waals surface area contributed by atoms with Gasteiger partial charge in [0.1, 0.15) is 0 Å². The van der Waals surface area contributed by atoms with E-state index in [0.29, 0.717) is 6.54 Å². The Balaban J connectivity index is 2.14. The van der Waals surface area contributed by atoms with Crippen molar-refractivity contribution in [1.29, 1.82) is 0 Å². The molecule has 1 saturated heterocycles. The minimum absolute atomic E-state index is 0.529. The highest BCUT2D eigenvalue weighted by Crippen LogP contribution is 2.20. The van der Waals surface area contributed by atoms with Crippen LogP contribution in [0.15, 0.2) is 31.0 Å². The van der Waals surface area contributed by atoms with Crippen LogP contribution in [0.5, 0.6) is 0 Å². The molecule has 5 nitrogen and oxygen atoms in total. The van der Waals surface area contributed by atoms with Crippen molar-refractivity contribution in [1.82, 2.24) is 15.8 Å². The van der Waals surface area contributed by atoms with Crippen molar-refractivity contribution in [2.24, 2.45) is 0 Å². The fourth-order valence-corrected chi connectivity index (χ4v) is 2.36. The van der Waals surface area contributed by atoms with Crippen LogP contribution in [0.1, 0.15) is 11.1 Å². The lowest BCUT2D eigenvalue weighted by atomic mass is 10.1. The summed E-state index contributed by atoms with van der Waals surface area (Å²) in [5.41, 5.74) is 6.35. The van der Waals surface area contributed by atoms with Gasteiger partial charge in [-0.3, -0.25) is 9.80 Å². The van der Waals surface area contributed by atoms with Crippen molar-refractivity contribution < 1.29 is 4.79 Å². The van der Waals surface area contributed by atoms with Crippen molar-refractivity contribution in [2.45, 2.75) is 13.5 Å². The van der Waals surface area contributed by atoms with Crippen LogP contribution in [0.4, 0.5) is 5.69 Å². The highest BCUT2D eigenvalue weighted by molar-refractivity contribution is 5.53. The molecule has 0 bridgehead atoms. The van der Waals surface area contributed by atoms with Gasteiger partial charge in [-0.05, 0) is 30.2 Å². The molecule has 2 N–H and O–H groups in total. The predicted molar refractivity (Wildman–Crippen MR) is 81.2 cm³/mol. The Labute approximate surface area is 120 Å². The number of rotatable bonds is 6. The van der Waals surface area contributed by atoms with Crippen molar-refractivity contribution in [3.63, 3.8) is 0 Å². The molecule has 1 heterocycles. The molecule has 1 amide bonds. The van der Waals surface area contributed by atoms with Crippen molar-refractivity contribution >= 4 is 12.1 Å². The molecule has 1 fully saturated rings. The van der Waals surface area contributed by atoms with Gasteiger partial charge < -0.3 is 15.6 Å². The fraction of sp³-hybridized carbons (Fsp3) is 0.400. The summed E-state index contributed by atoms with van der Waals surface area (Å²) in [5.74, 6) is 0. The lowest BCUT2D eigenvalue weighted by Gasteiger charge is -2.30. The standard InChI is InChI=1S/C15H22N4O/c1-3-17-19(12-20)11-14-10-15(5-4-13(14)2)18-8-6-16-7-9-18/h3-5,10,12,16-17H,1,6-9,11H2,2H3. The zero-order chi connectivity index (χ0) is 14.4. The molecule has 0 unspecified atom stereocenters. The highest BCUT2D eigenvalue weighted by Gasteiger charge is 2.12. The average molecular weight is 274 g/mol. The lowest BCUT2D eigenvalue weighted by Crippen LogP contribution is -2.43. The number of carbonyl (C=O) groups excluding carboxylic acids is 1. The van der Waals surface area contributed by atoms with E-state index in [-0.39, 0.29) is 0 Å². The van der Waals surface area contributed by atoms with Crippen molar-refractivity contribution in [2.75, 3.05) is 31.1 Å². The average Bonchev–Trinajstić information content (AvgIpc) is 2.49. The fourth-order valence-electron chi connectivity index (χ4n) is 2.36. The van der Waals surface area contributed by atoms with E-state index in [1.165, 1.54) is 22.5 Å². The summed E-state index contributed by atoms with van der Waals surface area (Å²) in [6.45, 7) is 10.2. The molecule has 0 radical (unpaired) electrons. The second-order valence-electron chi connectivity index (χ2n) is 4.91. The quantitative estimate of drug-likeness (QED) is 0.600. The molecule has 2 rings (SSSR count). The molecular weight excluding hydrogens is 252 g/mol. The first-order valence-electron chi connectivity index (χ1n) is 6.89. The zero-order valence-electron chi connectivity index (χ0n) is 11.9. The molecule has 0 spiro atoms. The maximum atomic E-state index is 11.0. The van der Waals surface area contributed by atoms with Gasteiger partial charge in [-0.2, -0.15) is 0 Å². The van der Waals surface area contributed by atoms with Crippen LogP contribution in [-0.2, 0) is 11.3 Å². The lowest BCUT2D eigenvalue weighted by molar-refractivity contribution is -0.120. The molecule has 1 aliphatic rings. The van der Waals surface area contributed by atoms with E-state index in [1.54, 1.807) is 0 Å².